The van der Waals surface area contributed by atoms with E-state index in [1.165, 1.54) is 12.0 Å². The highest BCUT2D eigenvalue weighted by Crippen LogP contribution is 2.30. The lowest BCUT2D eigenvalue weighted by atomic mass is 9.89. The predicted octanol–water partition coefficient (Wildman–Crippen LogP) is 3.08. The third-order valence-electron chi connectivity index (χ3n) is 6.67. The highest BCUT2D eigenvalue weighted by Gasteiger charge is 2.27. The molecule has 0 N–H and O–H groups in total. The lowest BCUT2D eigenvalue weighted by Gasteiger charge is -2.32. The molecular weight excluding hydrogens is 404 g/mol. The number of rotatable bonds is 3. The van der Waals surface area contributed by atoms with Crippen molar-refractivity contribution in [2.75, 3.05) is 26.2 Å². The molecule has 5 rings (SSSR count). The van der Waals surface area contributed by atoms with Crippen molar-refractivity contribution in [1.29, 1.82) is 0 Å². The standard InChI is InChI=1S/C24H28N6O2/c1-17-25-9-5-21(27-17)24(32)29-12-6-18(7-13-29)19-8-14-30-22(15-19)20(16-26-30)23(31)28-10-3-2-4-11-28/h5,8-9,14-16,18H,2-4,6-7,10-13H2,1H3. The summed E-state index contributed by atoms with van der Waals surface area (Å²) in [5, 5.41) is 4.40. The number of amides is 2. The second-order valence-electron chi connectivity index (χ2n) is 8.76. The Morgan fingerprint density at radius 1 is 0.969 bits per heavy atom. The first-order chi connectivity index (χ1) is 15.6. The van der Waals surface area contributed by atoms with Gasteiger partial charge in [-0.1, -0.05) is 0 Å². The molecule has 0 saturated carbocycles. The van der Waals surface area contributed by atoms with Crippen molar-refractivity contribution >= 4 is 17.3 Å². The Morgan fingerprint density at radius 2 is 1.72 bits per heavy atom. The zero-order chi connectivity index (χ0) is 22.1. The molecule has 32 heavy (non-hydrogen) atoms. The Kier molecular flexibility index (Phi) is 5.59. The Balaban J connectivity index is 1.30. The fourth-order valence-electron chi connectivity index (χ4n) is 4.84. The topological polar surface area (TPSA) is 83.7 Å². The molecule has 166 valence electrons. The maximum Gasteiger partial charge on any atom is 0.272 e. The highest BCUT2D eigenvalue weighted by atomic mass is 16.2. The molecule has 2 fully saturated rings. The lowest BCUT2D eigenvalue weighted by molar-refractivity contribution is 0.0703. The predicted molar refractivity (Wildman–Crippen MR) is 120 cm³/mol. The van der Waals surface area contributed by atoms with Crippen molar-refractivity contribution in [3.63, 3.8) is 0 Å². The Hall–Kier alpha value is -3.29. The number of fused-ring (bicyclic) bond motifs is 1. The van der Waals surface area contributed by atoms with Crippen LogP contribution in [-0.4, -0.2) is 67.4 Å². The summed E-state index contributed by atoms with van der Waals surface area (Å²) in [7, 11) is 0. The van der Waals surface area contributed by atoms with Gasteiger partial charge in [0.25, 0.3) is 11.8 Å². The van der Waals surface area contributed by atoms with Crippen LogP contribution in [0, 0.1) is 6.92 Å². The van der Waals surface area contributed by atoms with Gasteiger partial charge in [0.15, 0.2) is 0 Å². The van der Waals surface area contributed by atoms with E-state index in [1.54, 1.807) is 29.9 Å². The smallest absolute Gasteiger partial charge is 0.272 e. The van der Waals surface area contributed by atoms with Crippen molar-refractivity contribution in [3.8, 4) is 0 Å². The molecule has 0 spiro atoms. The Bertz CT molecular complexity index is 1140. The first kappa shape index (κ1) is 20.6. The number of carbonyl (C=O) groups is 2. The lowest BCUT2D eigenvalue weighted by Crippen LogP contribution is -2.38. The summed E-state index contributed by atoms with van der Waals surface area (Å²) in [5.41, 5.74) is 3.21. The number of aromatic nitrogens is 4. The highest BCUT2D eigenvalue weighted by molar-refractivity contribution is 6.00. The molecule has 2 saturated heterocycles. The molecule has 2 amide bonds. The molecule has 0 bridgehead atoms. The molecule has 0 radical (unpaired) electrons. The summed E-state index contributed by atoms with van der Waals surface area (Å²) < 4.78 is 1.79. The summed E-state index contributed by atoms with van der Waals surface area (Å²) in [4.78, 5) is 38.0. The molecule has 8 heteroatoms. The number of hydrogen-bond acceptors (Lipinski definition) is 5. The van der Waals surface area contributed by atoms with Gasteiger partial charge in [0.2, 0.25) is 0 Å². The first-order valence-electron chi connectivity index (χ1n) is 11.5. The number of pyridine rings is 1. The van der Waals surface area contributed by atoms with Crippen LogP contribution in [0.15, 0.2) is 36.8 Å². The van der Waals surface area contributed by atoms with Crippen LogP contribution in [0.4, 0.5) is 0 Å². The second-order valence-corrected chi connectivity index (χ2v) is 8.76. The fourth-order valence-corrected chi connectivity index (χ4v) is 4.84. The molecule has 0 aliphatic carbocycles. The van der Waals surface area contributed by atoms with Crippen LogP contribution < -0.4 is 0 Å². The van der Waals surface area contributed by atoms with Crippen LogP contribution in [0.3, 0.4) is 0 Å². The second kappa shape index (κ2) is 8.68. The van der Waals surface area contributed by atoms with Crippen LogP contribution in [0.5, 0.6) is 0 Å². The van der Waals surface area contributed by atoms with Gasteiger partial charge in [-0.2, -0.15) is 5.10 Å². The number of hydrogen-bond donors (Lipinski definition) is 0. The molecule has 2 aliphatic heterocycles. The third kappa shape index (κ3) is 3.97. The number of carbonyl (C=O) groups excluding carboxylic acids is 2. The quantitative estimate of drug-likeness (QED) is 0.635. The van der Waals surface area contributed by atoms with Crippen LogP contribution in [-0.2, 0) is 0 Å². The minimum absolute atomic E-state index is 0.0328. The number of likely N-dealkylation sites (tertiary alicyclic amines) is 2. The minimum atomic E-state index is -0.0328. The molecule has 0 aromatic carbocycles. The van der Waals surface area contributed by atoms with Crippen molar-refractivity contribution < 1.29 is 9.59 Å². The molecule has 0 atom stereocenters. The van der Waals surface area contributed by atoms with Crippen molar-refractivity contribution in [1.82, 2.24) is 29.4 Å². The largest absolute Gasteiger partial charge is 0.339 e. The van der Waals surface area contributed by atoms with Gasteiger partial charge in [-0.05, 0) is 68.7 Å². The third-order valence-corrected chi connectivity index (χ3v) is 6.67. The maximum absolute atomic E-state index is 13.1. The SMILES string of the molecule is Cc1nccc(C(=O)N2CCC(c3ccn4ncc(C(=O)N5CCCCC5)c4c3)CC2)n1. The summed E-state index contributed by atoms with van der Waals surface area (Å²) in [6, 6.07) is 5.88. The van der Waals surface area contributed by atoms with Crippen LogP contribution in [0.1, 0.15) is 70.3 Å². The van der Waals surface area contributed by atoms with E-state index in [1.807, 2.05) is 16.0 Å². The molecule has 3 aromatic rings. The molecule has 2 aliphatic rings. The molecule has 5 heterocycles. The van der Waals surface area contributed by atoms with E-state index < -0.39 is 0 Å². The van der Waals surface area contributed by atoms with Gasteiger partial charge in [-0.15, -0.1) is 0 Å². The Morgan fingerprint density at radius 3 is 2.47 bits per heavy atom. The van der Waals surface area contributed by atoms with Crippen LogP contribution >= 0.6 is 0 Å². The average Bonchev–Trinajstić information content (AvgIpc) is 3.27. The summed E-state index contributed by atoms with van der Waals surface area (Å²) >= 11 is 0. The van der Waals surface area contributed by atoms with Gasteiger partial charge in [0.05, 0.1) is 17.3 Å². The molecule has 8 nitrogen and oxygen atoms in total. The van der Waals surface area contributed by atoms with E-state index in [4.69, 9.17) is 0 Å². The Labute approximate surface area is 187 Å². The van der Waals surface area contributed by atoms with Crippen molar-refractivity contribution in [2.45, 2.75) is 44.9 Å². The van der Waals surface area contributed by atoms with E-state index in [9.17, 15) is 9.59 Å². The fraction of sp³-hybridized carbons (Fsp3) is 0.458. The monoisotopic (exact) mass is 432 g/mol. The van der Waals surface area contributed by atoms with E-state index in [0.717, 1.165) is 44.3 Å². The zero-order valence-corrected chi connectivity index (χ0v) is 18.4. The number of piperidine rings is 2. The van der Waals surface area contributed by atoms with E-state index in [-0.39, 0.29) is 11.8 Å². The first-order valence-corrected chi connectivity index (χ1v) is 11.5. The summed E-state index contributed by atoms with van der Waals surface area (Å²) in [6.45, 7) is 4.83. The van der Waals surface area contributed by atoms with Gasteiger partial charge in [0.1, 0.15) is 11.5 Å². The van der Waals surface area contributed by atoms with Crippen molar-refractivity contribution in [3.05, 3.63) is 59.4 Å². The van der Waals surface area contributed by atoms with E-state index >= 15 is 0 Å². The van der Waals surface area contributed by atoms with Crippen molar-refractivity contribution in [2.24, 2.45) is 0 Å². The summed E-state index contributed by atoms with van der Waals surface area (Å²) in [6.07, 6.45) is 10.4. The van der Waals surface area contributed by atoms with Gasteiger partial charge in [-0.3, -0.25) is 9.59 Å². The van der Waals surface area contributed by atoms with Gasteiger partial charge in [-0.25, -0.2) is 14.5 Å². The van der Waals surface area contributed by atoms with Crippen LogP contribution in [0.2, 0.25) is 0 Å². The number of aryl methyl sites for hydroxylation is 1. The summed E-state index contributed by atoms with van der Waals surface area (Å²) in [5.74, 6) is 1.01. The normalized spacial score (nSPS) is 17.7. The molecule has 3 aromatic heterocycles. The minimum Gasteiger partial charge on any atom is -0.339 e. The number of nitrogens with zero attached hydrogens (tertiary/aromatic N) is 6. The average molecular weight is 433 g/mol. The van der Waals surface area contributed by atoms with Gasteiger partial charge < -0.3 is 9.80 Å². The molecular formula is C24H28N6O2. The molecule has 0 unspecified atom stereocenters. The van der Waals surface area contributed by atoms with Crippen LogP contribution in [0.25, 0.3) is 5.52 Å². The maximum atomic E-state index is 13.1. The van der Waals surface area contributed by atoms with E-state index in [2.05, 4.69) is 27.2 Å². The van der Waals surface area contributed by atoms with Gasteiger partial charge in [0, 0.05) is 38.6 Å². The van der Waals surface area contributed by atoms with Gasteiger partial charge >= 0.3 is 0 Å². The zero-order valence-electron chi connectivity index (χ0n) is 18.4. The van der Waals surface area contributed by atoms with E-state index in [0.29, 0.717) is 36.1 Å².